The number of ether oxygens (including phenoxy) is 3. The van der Waals surface area contributed by atoms with Gasteiger partial charge in [0.2, 0.25) is 12.6 Å². The second kappa shape index (κ2) is 6.94. The van der Waals surface area contributed by atoms with E-state index in [0.29, 0.717) is 43.2 Å². The van der Waals surface area contributed by atoms with Crippen molar-refractivity contribution < 1.29 is 24.1 Å². The monoisotopic (exact) mass is 383 g/mol. The van der Waals surface area contributed by atoms with Gasteiger partial charge in [0.25, 0.3) is 5.91 Å². The first-order valence-electron chi connectivity index (χ1n) is 9.48. The Bertz CT molecular complexity index is 877. The molecule has 0 spiro atoms. The van der Waals surface area contributed by atoms with E-state index in [1.807, 2.05) is 12.1 Å². The van der Waals surface area contributed by atoms with Gasteiger partial charge in [-0.3, -0.25) is 4.79 Å². The van der Waals surface area contributed by atoms with Gasteiger partial charge in [-0.2, -0.15) is 0 Å². The lowest BCUT2D eigenvalue weighted by Crippen LogP contribution is -2.42. The Morgan fingerprint density at radius 3 is 2.68 bits per heavy atom. The van der Waals surface area contributed by atoms with Crippen LogP contribution in [0.5, 0.6) is 17.2 Å². The fraction of sp³-hybridized carbons (Fsp3) is 0.450. The molecule has 2 aromatic rings. The SMILES string of the molecule is O=C(c1ncccn1)N1C[C@H]2C[C@@H](Oc3ccc4c(c3)OCO4)[C@H](O)C[C@H]2C1. The lowest BCUT2D eigenvalue weighted by molar-refractivity contribution is -0.0232. The molecule has 1 saturated heterocycles. The topological polar surface area (TPSA) is 94.0 Å². The largest absolute Gasteiger partial charge is 0.488 e. The van der Waals surface area contributed by atoms with E-state index >= 15 is 0 Å². The third kappa shape index (κ3) is 3.13. The fourth-order valence-electron chi connectivity index (χ4n) is 4.36. The van der Waals surface area contributed by atoms with Crippen LogP contribution in [0.1, 0.15) is 23.5 Å². The molecule has 0 unspecified atom stereocenters. The molecule has 1 aromatic heterocycles. The highest BCUT2D eigenvalue weighted by molar-refractivity contribution is 5.90. The normalized spacial score (nSPS) is 28.1. The average molecular weight is 383 g/mol. The predicted molar refractivity (Wildman–Crippen MR) is 97.1 cm³/mol. The van der Waals surface area contributed by atoms with Gasteiger partial charge in [-0.15, -0.1) is 0 Å². The van der Waals surface area contributed by atoms with Crippen LogP contribution < -0.4 is 14.2 Å². The Hall–Kier alpha value is -2.87. The molecule has 4 atom stereocenters. The summed E-state index contributed by atoms with van der Waals surface area (Å²) < 4.78 is 16.8. The number of aromatic nitrogens is 2. The van der Waals surface area contributed by atoms with Crippen LogP contribution in [-0.2, 0) is 0 Å². The van der Waals surface area contributed by atoms with Crippen molar-refractivity contribution in [3.8, 4) is 17.2 Å². The summed E-state index contributed by atoms with van der Waals surface area (Å²) in [5, 5.41) is 10.6. The number of hydrogen-bond acceptors (Lipinski definition) is 7. The van der Waals surface area contributed by atoms with E-state index in [0.717, 1.165) is 0 Å². The van der Waals surface area contributed by atoms with E-state index in [2.05, 4.69) is 9.97 Å². The Morgan fingerprint density at radius 1 is 1.11 bits per heavy atom. The van der Waals surface area contributed by atoms with E-state index in [1.165, 1.54) is 0 Å². The second-order valence-corrected chi connectivity index (χ2v) is 7.51. The van der Waals surface area contributed by atoms with Crippen LogP contribution in [0.4, 0.5) is 0 Å². The number of likely N-dealkylation sites (tertiary alicyclic amines) is 1. The molecule has 1 aromatic carbocycles. The van der Waals surface area contributed by atoms with Crippen molar-refractivity contribution in [1.82, 2.24) is 14.9 Å². The van der Waals surface area contributed by atoms with E-state index in [-0.39, 0.29) is 36.5 Å². The molecule has 1 amide bonds. The fourth-order valence-corrected chi connectivity index (χ4v) is 4.36. The van der Waals surface area contributed by atoms with Gasteiger partial charge in [-0.25, -0.2) is 9.97 Å². The van der Waals surface area contributed by atoms with Crippen LogP contribution in [0.3, 0.4) is 0 Å². The third-order valence-corrected chi connectivity index (χ3v) is 5.76. The number of rotatable bonds is 3. The quantitative estimate of drug-likeness (QED) is 0.858. The van der Waals surface area contributed by atoms with E-state index in [4.69, 9.17) is 14.2 Å². The molecule has 3 heterocycles. The second-order valence-electron chi connectivity index (χ2n) is 7.51. The minimum absolute atomic E-state index is 0.155. The summed E-state index contributed by atoms with van der Waals surface area (Å²) in [6.45, 7) is 1.47. The molecule has 2 fully saturated rings. The summed E-state index contributed by atoms with van der Waals surface area (Å²) in [5.74, 6) is 2.61. The summed E-state index contributed by atoms with van der Waals surface area (Å²) in [4.78, 5) is 22.5. The van der Waals surface area contributed by atoms with Crippen molar-refractivity contribution in [3.05, 3.63) is 42.5 Å². The maximum atomic E-state index is 12.6. The van der Waals surface area contributed by atoms with Gasteiger partial charge in [-0.1, -0.05) is 0 Å². The minimum Gasteiger partial charge on any atom is -0.488 e. The lowest BCUT2D eigenvalue weighted by Gasteiger charge is -2.35. The van der Waals surface area contributed by atoms with Crippen LogP contribution in [0.15, 0.2) is 36.7 Å². The summed E-state index contributed by atoms with van der Waals surface area (Å²) in [5.41, 5.74) is 0. The summed E-state index contributed by atoms with van der Waals surface area (Å²) >= 11 is 0. The molecule has 1 aliphatic carbocycles. The van der Waals surface area contributed by atoms with Crippen LogP contribution in [-0.4, -0.2) is 58.0 Å². The molecule has 0 radical (unpaired) electrons. The summed E-state index contributed by atoms with van der Waals surface area (Å²) in [6, 6.07) is 7.11. The number of aliphatic hydroxyl groups is 1. The van der Waals surface area contributed by atoms with Crippen LogP contribution in [0, 0.1) is 11.8 Å². The van der Waals surface area contributed by atoms with Crippen molar-refractivity contribution in [2.75, 3.05) is 19.9 Å². The third-order valence-electron chi connectivity index (χ3n) is 5.76. The van der Waals surface area contributed by atoms with Gasteiger partial charge in [0.1, 0.15) is 11.9 Å². The molecule has 8 heteroatoms. The zero-order chi connectivity index (χ0) is 19.1. The highest BCUT2D eigenvalue weighted by atomic mass is 16.7. The molecule has 2 aliphatic heterocycles. The minimum atomic E-state index is -0.574. The van der Waals surface area contributed by atoms with Gasteiger partial charge in [0, 0.05) is 31.5 Å². The van der Waals surface area contributed by atoms with E-state index < -0.39 is 6.10 Å². The number of aliphatic hydroxyl groups excluding tert-OH is 1. The predicted octanol–water partition coefficient (Wildman–Crippen LogP) is 1.50. The van der Waals surface area contributed by atoms with Crippen molar-refractivity contribution >= 4 is 5.91 Å². The molecule has 28 heavy (non-hydrogen) atoms. The zero-order valence-corrected chi connectivity index (χ0v) is 15.2. The van der Waals surface area contributed by atoms with E-state index in [9.17, 15) is 9.90 Å². The number of carbonyl (C=O) groups is 1. The van der Waals surface area contributed by atoms with Crippen molar-refractivity contribution in [2.45, 2.75) is 25.0 Å². The molecular formula is C20H21N3O5. The highest BCUT2D eigenvalue weighted by Gasteiger charge is 2.44. The standard InChI is InChI=1S/C20H21N3O5/c24-15-6-12-9-23(20(25)19-21-4-1-5-22-19)10-13(12)7-17(15)28-14-2-3-16-18(8-14)27-11-26-16/h1-5,8,12-13,15,17,24H,6-7,9-11H2/t12-,13+,15+,17+/m0/s1. The lowest BCUT2D eigenvalue weighted by atomic mass is 9.78. The molecule has 0 bridgehead atoms. The Kier molecular flexibility index (Phi) is 4.27. The molecule has 1 saturated carbocycles. The number of amides is 1. The number of carbonyl (C=O) groups excluding carboxylic acids is 1. The maximum absolute atomic E-state index is 12.6. The molecule has 8 nitrogen and oxygen atoms in total. The number of fused-ring (bicyclic) bond motifs is 2. The van der Waals surface area contributed by atoms with Gasteiger partial charge >= 0.3 is 0 Å². The first kappa shape index (κ1) is 17.2. The Labute approximate surface area is 162 Å². The summed E-state index contributed by atoms with van der Waals surface area (Å²) in [6.07, 6.45) is 3.56. The number of nitrogens with zero attached hydrogens (tertiary/aromatic N) is 3. The molecule has 5 rings (SSSR count). The van der Waals surface area contributed by atoms with Crippen LogP contribution in [0.2, 0.25) is 0 Å². The molecule has 3 aliphatic rings. The Balaban J connectivity index is 1.26. The molecule has 146 valence electrons. The van der Waals surface area contributed by atoms with Crippen molar-refractivity contribution in [3.63, 3.8) is 0 Å². The van der Waals surface area contributed by atoms with Crippen molar-refractivity contribution in [1.29, 1.82) is 0 Å². The van der Waals surface area contributed by atoms with Gasteiger partial charge in [0.15, 0.2) is 11.5 Å². The summed E-state index contributed by atoms with van der Waals surface area (Å²) in [7, 11) is 0. The molecular weight excluding hydrogens is 362 g/mol. The zero-order valence-electron chi connectivity index (χ0n) is 15.2. The maximum Gasteiger partial charge on any atom is 0.291 e. The first-order valence-corrected chi connectivity index (χ1v) is 9.48. The Morgan fingerprint density at radius 2 is 1.86 bits per heavy atom. The highest BCUT2D eigenvalue weighted by Crippen LogP contribution is 2.40. The number of benzene rings is 1. The van der Waals surface area contributed by atoms with E-state index in [1.54, 1.807) is 29.4 Å². The van der Waals surface area contributed by atoms with Crippen molar-refractivity contribution in [2.24, 2.45) is 11.8 Å². The first-order chi connectivity index (χ1) is 13.7. The van der Waals surface area contributed by atoms with Gasteiger partial charge < -0.3 is 24.2 Å². The number of hydrogen-bond donors (Lipinski definition) is 1. The van der Waals surface area contributed by atoms with Crippen LogP contribution in [0.25, 0.3) is 0 Å². The van der Waals surface area contributed by atoms with Gasteiger partial charge in [0.05, 0.1) is 6.10 Å². The smallest absolute Gasteiger partial charge is 0.291 e. The average Bonchev–Trinajstić information content (AvgIpc) is 3.34. The van der Waals surface area contributed by atoms with Crippen LogP contribution >= 0.6 is 0 Å². The molecule has 1 N–H and O–H groups in total. The van der Waals surface area contributed by atoms with Gasteiger partial charge in [-0.05, 0) is 42.9 Å².